The number of anilines is 1. The molecule has 1 aliphatic heterocycles. The van der Waals surface area contributed by atoms with Crippen LogP contribution in [0.1, 0.15) is 11.1 Å². The summed E-state index contributed by atoms with van der Waals surface area (Å²) in [5, 5.41) is 9.53. The Kier molecular flexibility index (Phi) is 1.81. The summed E-state index contributed by atoms with van der Waals surface area (Å²) >= 11 is 0. The molecule has 13 heavy (non-hydrogen) atoms. The standard InChI is InChI=1S/C10H11NO2/c1-7-3-2-4-8-5-9(13)11(6-12)10(7)8/h2-4,6,9,13H,5H2,1H3. The Morgan fingerprint density at radius 3 is 3.08 bits per heavy atom. The first kappa shape index (κ1) is 8.26. The Bertz CT molecular complexity index is 349. The van der Waals surface area contributed by atoms with Crippen LogP contribution in [-0.2, 0) is 11.2 Å². The molecule has 0 bridgehead atoms. The van der Waals surface area contributed by atoms with Gasteiger partial charge in [-0.3, -0.25) is 9.69 Å². The van der Waals surface area contributed by atoms with Crippen LogP contribution in [0, 0.1) is 6.92 Å². The minimum atomic E-state index is -0.686. The molecule has 1 unspecified atom stereocenters. The van der Waals surface area contributed by atoms with E-state index in [1.165, 1.54) is 4.90 Å². The highest BCUT2D eigenvalue weighted by Crippen LogP contribution is 2.32. The van der Waals surface area contributed by atoms with Gasteiger partial charge in [0.1, 0.15) is 6.23 Å². The second-order valence-electron chi connectivity index (χ2n) is 3.28. The van der Waals surface area contributed by atoms with Gasteiger partial charge < -0.3 is 5.11 Å². The van der Waals surface area contributed by atoms with Crippen LogP contribution in [0.15, 0.2) is 18.2 Å². The number of aliphatic hydroxyl groups excluding tert-OH is 1. The molecule has 68 valence electrons. The third-order valence-corrected chi connectivity index (χ3v) is 2.42. The van der Waals surface area contributed by atoms with Crippen molar-refractivity contribution in [2.24, 2.45) is 0 Å². The van der Waals surface area contributed by atoms with Crippen molar-refractivity contribution in [3.63, 3.8) is 0 Å². The Labute approximate surface area is 76.6 Å². The predicted octanol–water partition coefficient (Wildman–Crippen LogP) is 0.832. The monoisotopic (exact) mass is 177 g/mol. The highest BCUT2D eigenvalue weighted by molar-refractivity contribution is 5.82. The average Bonchev–Trinajstić information content (AvgIpc) is 2.42. The number of benzene rings is 1. The van der Waals surface area contributed by atoms with Gasteiger partial charge in [-0.1, -0.05) is 18.2 Å². The van der Waals surface area contributed by atoms with Crippen molar-refractivity contribution >= 4 is 12.1 Å². The number of carbonyl (C=O) groups excluding carboxylic acids is 1. The predicted molar refractivity (Wildman–Crippen MR) is 49.4 cm³/mol. The minimum absolute atomic E-state index is 0.537. The highest BCUT2D eigenvalue weighted by Gasteiger charge is 2.27. The first-order valence-corrected chi connectivity index (χ1v) is 4.24. The maximum absolute atomic E-state index is 10.7. The van der Waals surface area contributed by atoms with E-state index < -0.39 is 6.23 Å². The Morgan fingerprint density at radius 1 is 1.62 bits per heavy atom. The molecule has 3 heteroatoms. The third-order valence-electron chi connectivity index (χ3n) is 2.42. The van der Waals surface area contributed by atoms with Crippen molar-refractivity contribution in [1.82, 2.24) is 0 Å². The van der Waals surface area contributed by atoms with Crippen molar-refractivity contribution < 1.29 is 9.90 Å². The second-order valence-corrected chi connectivity index (χ2v) is 3.28. The lowest BCUT2D eigenvalue weighted by Crippen LogP contribution is -2.30. The van der Waals surface area contributed by atoms with E-state index in [0.717, 1.165) is 16.8 Å². The second kappa shape index (κ2) is 2.85. The summed E-state index contributed by atoms with van der Waals surface area (Å²) in [6.07, 6.45) is 0.535. The Morgan fingerprint density at radius 2 is 2.38 bits per heavy atom. The van der Waals surface area contributed by atoms with Crippen LogP contribution in [0.3, 0.4) is 0 Å². The number of nitrogens with zero attached hydrogens (tertiary/aromatic N) is 1. The first-order valence-electron chi connectivity index (χ1n) is 4.24. The van der Waals surface area contributed by atoms with Gasteiger partial charge in [0.15, 0.2) is 0 Å². The number of para-hydroxylation sites is 1. The topological polar surface area (TPSA) is 40.5 Å². The van der Waals surface area contributed by atoms with Crippen LogP contribution in [-0.4, -0.2) is 17.7 Å². The maximum atomic E-state index is 10.7. The number of aryl methyl sites for hydroxylation is 1. The lowest BCUT2D eigenvalue weighted by Gasteiger charge is -2.16. The molecular weight excluding hydrogens is 166 g/mol. The molecule has 1 aromatic rings. The van der Waals surface area contributed by atoms with Gasteiger partial charge in [0.25, 0.3) is 0 Å². The number of fused-ring (bicyclic) bond motifs is 1. The van der Waals surface area contributed by atoms with E-state index in [1.807, 2.05) is 25.1 Å². The summed E-state index contributed by atoms with van der Waals surface area (Å²) in [7, 11) is 0. The van der Waals surface area contributed by atoms with Gasteiger partial charge in [-0.2, -0.15) is 0 Å². The Balaban J connectivity index is 2.55. The van der Waals surface area contributed by atoms with Crippen LogP contribution in [0.25, 0.3) is 0 Å². The van der Waals surface area contributed by atoms with Gasteiger partial charge in [-0.25, -0.2) is 0 Å². The normalized spacial score (nSPS) is 20.2. The molecule has 1 amide bonds. The zero-order valence-corrected chi connectivity index (χ0v) is 7.40. The smallest absolute Gasteiger partial charge is 0.216 e. The van der Waals surface area contributed by atoms with Crippen LogP contribution in [0.4, 0.5) is 5.69 Å². The lowest BCUT2D eigenvalue weighted by atomic mass is 10.1. The fraction of sp³-hybridized carbons (Fsp3) is 0.300. The van der Waals surface area contributed by atoms with Crippen LogP contribution in [0.5, 0.6) is 0 Å². The average molecular weight is 177 g/mol. The molecule has 1 aromatic carbocycles. The van der Waals surface area contributed by atoms with E-state index in [1.54, 1.807) is 0 Å². The number of carbonyl (C=O) groups is 1. The van der Waals surface area contributed by atoms with E-state index in [-0.39, 0.29) is 0 Å². The fourth-order valence-corrected chi connectivity index (χ4v) is 1.82. The molecule has 0 saturated carbocycles. The number of amides is 1. The molecule has 3 nitrogen and oxygen atoms in total. The fourth-order valence-electron chi connectivity index (χ4n) is 1.82. The zero-order chi connectivity index (χ0) is 9.42. The first-order chi connectivity index (χ1) is 6.24. The molecule has 0 spiro atoms. The number of rotatable bonds is 1. The van der Waals surface area contributed by atoms with Gasteiger partial charge in [-0.15, -0.1) is 0 Å². The minimum Gasteiger partial charge on any atom is -0.373 e. The van der Waals surface area contributed by atoms with E-state index in [9.17, 15) is 9.90 Å². The number of hydrogen-bond donors (Lipinski definition) is 1. The quantitative estimate of drug-likeness (QED) is 0.645. The van der Waals surface area contributed by atoms with E-state index in [2.05, 4.69) is 0 Å². The van der Waals surface area contributed by atoms with Crippen molar-refractivity contribution in [1.29, 1.82) is 0 Å². The third kappa shape index (κ3) is 1.12. The summed E-state index contributed by atoms with van der Waals surface area (Å²) in [5.41, 5.74) is 2.94. The number of hydrogen-bond acceptors (Lipinski definition) is 2. The summed E-state index contributed by atoms with van der Waals surface area (Å²) < 4.78 is 0. The molecule has 2 rings (SSSR count). The van der Waals surface area contributed by atoms with Gasteiger partial charge in [0, 0.05) is 6.42 Å². The van der Waals surface area contributed by atoms with Gasteiger partial charge in [-0.05, 0) is 18.1 Å². The van der Waals surface area contributed by atoms with Crippen LogP contribution >= 0.6 is 0 Å². The van der Waals surface area contributed by atoms with E-state index >= 15 is 0 Å². The molecule has 0 fully saturated rings. The largest absolute Gasteiger partial charge is 0.373 e. The van der Waals surface area contributed by atoms with Crippen molar-refractivity contribution in [3.8, 4) is 0 Å². The molecule has 1 heterocycles. The van der Waals surface area contributed by atoms with Gasteiger partial charge >= 0.3 is 0 Å². The summed E-state index contributed by atoms with van der Waals surface area (Å²) in [6.45, 7) is 1.94. The molecule has 0 radical (unpaired) electrons. The molecule has 0 saturated heterocycles. The van der Waals surface area contributed by atoms with Gasteiger partial charge in [0.05, 0.1) is 5.69 Å². The highest BCUT2D eigenvalue weighted by atomic mass is 16.3. The van der Waals surface area contributed by atoms with E-state index in [4.69, 9.17) is 0 Å². The Hall–Kier alpha value is -1.35. The molecule has 1 atom stereocenters. The molecule has 1 aliphatic rings. The van der Waals surface area contributed by atoms with Gasteiger partial charge in [0.2, 0.25) is 6.41 Å². The van der Waals surface area contributed by atoms with Crippen molar-refractivity contribution in [2.45, 2.75) is 19.6 Å². The molecular formula is C10H11NO2. The van der Waals surface area contributed by atoms with Crippen molar-refractivity contribution in [3.05, 3.63) is 29.3 Å². The lowest BCUT2D eigenvalue weighted by molar-refractivity contribution is -0.108. The summed E-state index contributed by atoms with van der Waals surface area (Å²) in [4.78, 5) is 12.1. The van der Waals surface area contributed by atoms with E-state index in [0.29, 0.717) is 12.8 Å². The van der Waals surface area contributed by atoms with Crippen LogP contribution in [0.2, 0.25) is 0 Å². The van der Waals surface area contributed by atoms with Crippen LogP contribution < -0.4 is 4.90 Å². The summed E-state index contributed by atoms with van der Waals surface area (Å²) in [5.74, 6) is 0. The molecule has 0 aliphatic carbocycles. The SMILES string of the molecule is Cc1cccc2c1N(C=O)C(O)C2. The van der Waals surface area contributed by atoms with Crippen molar-refractivity contribution in [2.75, 3.05) is 4.90 Å². The maximum Gasteiger partial charge on any atom is 0.216 e. The zero-order valence-electron chi connectivity index (χ0n) is 7.40. The summed E-state index contributed by atoms with van der Waals surface area (Å²) in [6, 6.07) is 5.82. The molecule has 0 aromatic heterocycles. The molecule has 1 N–H and O–H groups in total. The number of aliphatic hydroxyl groups is 1.